The van der Waals surface area contributed by atoms with Gasteiger partial charge in [0.05, 0.1) is 5.69 Å². The number of benzene rings is 1. The third-order valence-corrected chi connectivity index (χ3v) is 3.62. The van der Waals surface area contributed by atoms with Crippen LogP contribution in [0.3, 0.4) is 0 Å². The van der Waals surface area contributed by atoms with Crippen molar-refractivity contribution in [1.29, 1.82) is 0 Å². The van der Waals surface area contributed by atoms with Gasteiger partial charge in [0.25, 0.3) is 0 Å². The maximum absolute atomic E-state index is 13.6. The minimum Gasteiger partial charge on any atom is -0.380 e. The molecular weight excluding hydrogens is 253 g/mol. The number of halogens is 3. The van der Waals surface area contributed by atoms with Gasteiger partial charge in [0.1, 0.15) is 5.82 Å². The molecule has 0 bridgehead atoms. The van der Waals surface area contributed by atoms with Crippen molar-refractivity contribution in [3.63, 3.8) is 0 Å². The van der Waals surface area contributed by atoms with Crippen LogP contribution in [0.4, 0.5) is 18.9 Å². The van der Waals surface area contributed by atoms with Gasteiger partial charge in [-0.2, -0.15) is 0 Å². The average Bonchev–Trinajstić information content (AvgIpc) is 2.60. The van der Waals surface area contributed by atoms with E-state index in [1.54, 1.807) is 0 Å². The lowest BCUT2D eigenvalue weighted by atomic mass is 10.1. The number of hydrogen-bond acceptors (Lipinski definition) is 2. The average molecular weight is 272 g/mol. The van der Waals surface area contributed by atoms with E-state index in [-0.39, 0.29) is 11.7 Å². The molecule has 1 unspecified atom stereocenters. The minimum absolute atomic E-state index is 0.0623. The Kier molecular flexibility index (Phi) is 4.69. The fourth-order valence-corrected chi connectivity index (χ4v) is 2.50. The summed E-state index contributed by atoms with van der Waals surface area (Å²) < 4.78 is 39.8. The molecule has 0 saturated carbocycles. The maximum atomic E-state index is 13.6. The first-order valence-electron chi connectivity index (χ1n) is 6.73. The molecule has 1 atom stereocenters. The lowest BCUT2D eigenvalue weighted by Gasteiger charge is -2.19. The van der Waals surface area contributed by atoms with Crippen LogP contribution in [0.5, 0.6) is 0 Å². The number of hydrogen-bond donors (Lipinski definition) is 1. The van der Waals surface area contributed by atoms with Crippen molar-refractivity contribution in [2.75, 3.05) is 25.0 Å². The quantitative estimate of drug-likeness (QED) is 0.848. The third kappa shape index (κ3) is 3.62. The van der Waals surface area contributed by atoms with Crippen LogP contribution >= 0.6 is 0 Å². The molecule has 2 rings (SSSR count). The van der Waals surface area contributed by atoms with Gasteiger partial charge in [-0.3, -0.25) is 0 Å². The largest absolute Gasteiger partial charge is 0.380 e. The van der Waals surface area contributed by atoms with Gasteiger partial charge in [0, 0.05) is 24.7 Å². The van der Waals surface area contributed by atoms with E-state index in [2.05, 4.69) is 17.1 Å². The number of anilines is 1. The molecule has 1 aromatic carbocycles. The van der Waals surface area contributed by atoms with Gasteiger partial charge in [0.15, 0.2) is 11.6 Å². The van der Waals surface area contributed by atoms with Gasteiger partial charge in [-0.15, -0.1) is 0 Å². The molecule has 2 nitrogen and oxygen atoms in total. The SMILES string of the molecule is CCN1CCCC(Nc2cc(F)cc(F)c2F)CC1. The standard InChI is InChI=1S/C14H19F3N2/c1-2-19-6-3-4-11(5-7-19)18-13-9-10(15)8-12(16)14(13)17/h8-9,11,18H,2-7H2,1H3. The normalized spacial score (nSPS) is 21.2. The van der Waals surface area contributed by atoms with Crippen molar-refractivity contribution < 1.29 is 13.2 Å². The Balaban J connectivity index is 2.05. The first-order chi connectivity index (χ1) is 9.10. The number of nitrogens with one attached hydrogen (secondary N) is 1. The van der Waals surface area contributed by atoms with Crippen LogP contribution in [-0.4, -0.2) is 30.6 Å². The van der Waals surface area contributed by atoms with E-state index in [1.165, 1.54) is 0 Å². The molecule has 0 aromatic heterocycles. The van der Waals surface area contributed by atoms with E-state index in [9.17, 15) is 13.2 Å². The van der Waals surface area contributed by atoms with E-state index in [4.69, 9.17) is 0 Å². The zero-order valence-corrected chi connectivity index (χ0v) is 11.1. The van der Waals surface area contributed by atoms with Crippen molar-refractivity contribution in [2.45, 2.75) is 32.2 Å². The predicted octanol–water partition coefficient (Wildman–Crippen LogP) is 3.39. The number of likely N-dealkylation sites (tertiary alicyclic amines) is 1. The molecule has 1 aliphatic rings. The van der Waals surface area contributed by atoms with E-state index < -0.39 is 17.5 Å². The Hall–Kier alpha value is -1.23. The van der Waals surface area contributed by atoms with E-state index >= 15 is 0 Å². The lowest BCUT2D eigenvalue weighted by molar-refractivity contribution is 0.300. The molecule has 1 N–H and O–H groups in total. The van der Waals surface area contributed by atoms with Crippen LogP contribution in [0, 0.1) is 17.5 Å². The van der Waals surface area contributed by atoms with Gasteiger partial charge >= 0.3 is 0 Å². The molecule has 106 valence electrons. The molecule has 1 saturated heterocycles. The third-order valence-electron chi connectivity index (χ3n) is 3.62. The maximum Gasteiger partial charge on any atom is 0.182 e. The monoisotopic (exact) mass is 272 g/mol. The molecule has 0 radical (unpaired) electrons. The second-order valence-electron chi connectivity index (χ2n) is 4.96. The van der Waals surface area contributed by atoms with E-state index in [0.29, 0.717) is 6.07 Å². The van der Waals surface area contributed by atoms with Gasteiger partial charge in [0.2, 0.25) is 0 Å². The smallest absolute Gasteiger partial charge is 0.182 e. The zero-order valence-electron chi connectivity index (χ0n) is 11.1. The summed E-state index contributed by atoms with van der Waals surface area (Å²) in [6.45, 7) is 5.05. The number of nitrogens with zero attached hydrogens (tertiary/aromatic N) is 1. The van der Waals surface area contributed by atoms with Gasteiger partial charge in [-0.05, 0) is 32.4 Å². The van der Waals surface area contributed by atoms with Crippen LogP contribution in [0.2, 0.25) is 0 Å². The molecule has 0 amide bonds. The Morgan fingerprint density at radius 3 is 2.74 bits per heavy atom. The summed E-state index contributed by atoms with van der Waals surface area (Å²) in [5.74, 6) is -2.91. The summed E-state index contributed by atoms with van der Waals surface area (Å²) in [6, 6.07) is 1.64. The van der Waals surface area contributed by atoms with Crippen molar-refractivity contribution >= 4 is 5.69 Å². The van der Waals surface area contributed by atoms with Crippen LogP contribution in [0.25, 0.3) is 0 Å². The molecule has 0 spiro atoms. The number of rotatable bonds is 3. The van der Waals surface area contributed by atoms with Crippen molar-refractivity contribution in [3.05, 3.63) is 29.6 Å². The van der Waals surface area contributed by atoms with E-state index in [0.717, 1.165) is 45.0 Å². The summed E-state index contributed by atoms with van der Waals surface area (Å²) in [4.78, 5) is 2.32. The fraction of sp³-hybridized carbons (Fsp3) is 0.571. The van der Waals surface area contributed by atoms with Crippen LogP contribution in [0.15, 0.2) is 12.1 Å². The van der Waals surface area contributed by atoms with Gasteiger partial charge < -0.3 is 10.2 Å². The molecule has 5 heteroatoms. The highest BCUT2D eigenvalue weighted by atomic mass is 19.2. The summed E-state index contributed by atoms with van der Waals surface area (Å²) in [6.07, 6.45) is 2.74. The van der Waals surface area contributed by atoms with Crippen molar-refractivity contribution in [3.8, 4) is 0 Å². The zero-order chi connectivity index (χ0) is 13.8. The van der Waals surface area contributed by atoms with Crippen LogP contribution in [0.1, 0.15) is 26.2 Å². The predicted molar refractivity (Wildman–Crippen MR) is 69.7 cm³/mol. The highest BCUT2D eigenvalue weighted by molar-refractivity contribution is 5.46. The Bertz CT molecular complexity index is 437. The molecule has 0 aliphatic carbocycles. The highest BCUT2D eigenvalue weighted by Crippen LogP contribution is 2.22. The Morgan fingerprint density at radius 1 is 1.21 bits per heavy atom. The molecule has 19 heavy (non-hydrogen) atoms. The van der Waals surface area contributed by atoms with Crippen molar-refractivity contribution in [1.82, 2.24) is 4.90 Å². The lowest BCUT2D eigenvalue weighted by Crippen LogP contribution is -2.26. The summed E-state index contributed by atoms with van der Waals surface area (Å²) >= 11 is 0. The Morgan fingerprint density at radius 2 is 2.00 bits per heavy atom. The molecule has 1 aliphatic heterocycles. The Labute approximate surface area is 111 Å². The van der Waals surface area contributed by atoms with Crippen molar-refractivity contribution in [2.24, 2.45) is 0 Å². The van der Waals surface area contributed by atoms with Crippen LogP contribution < -0.4 is 5.32 Å². The topological polar surface area (TPSA) is 15.3 Å². The van der Waals surface area contributed by atoms with E-state index in [1.807, 2.05) is 0 Å². The fourth-order valence-electron chi connectivity index (χ4n) is 2.50. The molecule has 1 heterocycles. The molecule has 1 aromatic rings. The van der Waals surface area contributed by atoms with Crippen LogP contribution in [-0.2, 0) is 0 Å². The summed E-state index contributed by atoms with van der Waals surface area (Å²) in [5.41, 5.74) is -0.0764. The second kappa shape index (κ2) is 6.28. The first-order valence-corrected chi connectivity index (χ1v) is 6.73. The summed E-state index contributed by atoms with van der Waals surface area (Å²) in [5, 5.41) is 2.93. The minimum atomic E-state index is -1.15. The highest BCUT2D eigenvalue weighted by Gasteiger charge is 2.18. The molecular formula is C14H19F3N2. The van der Waals surface area contributed by atoms with Gasteiger partial charge in [-0.25, -0.2) is 13.2 Å². The molecule has 1 fully saturated rings. The summed E-state index contributed by atoms with van der Waals surface area (Å²) in [7, 11) is 0. The second-order valence-corrected chi connectivity index (χ2v) is 4.96. The van der Waals surface area contributed by atoms with Gasteiger partial charge in [-0.1, -0.05) is 6.92 Å². The first kappa shape index (κ1) is 14.2.